The Morgan fingerprint density at radius 3 is 2.65 bits per heavy atom. The minimum Gasteiger partial charge on any atom is -0.382 e. The molecule has 132 valence electrons. The summed E-state index contributed by atoms with van der Waals surface area (Å²) in [5.41, 5.74) is 9.99. The number of nitrogen functional groups attached to an aromatic ring is 1. The molecule has 4 rings (SSSR count). The fraction of sp³-hybridized carbons (Fsp3) is 0.238. The van der Waals surface area contributed by atoms with Crippen LogP contribution < -0.4 is 5.73 Å². The van der Waals surface area contributed by atoms with Crippen molar-refractivity contribution in [1.82, 2.24) is 14.5 Å². The molecule has 0 aliphatic rings. The summed E-state index contributed by atoms with van der Waals surface area (Å²) in [6.45, 7) is 3.39. The summed E-state index contributed by atoms with van der Waals surface area (Å²) in [5.74, 6) is 0.470. The number of hydrogen-bond donors (Lipinski definition) is 1. The van der Waals surface area contributed by atoms with Crippen LogP contribution in [0.3, 0.4) is 0 Å². The quantitative estimate of drug-likeness (QED) is 0.564. The van der Waals surface area contributed by atoms with Gasteiger partial charge in [0.05, 0.1) is 36.6 Å². The second-order valence-electron chi connectivity index (χ2n) is 6.43. The number of benzene rings is 2. The fourth-order valence-electron chi connectivity index (χ4n) is 3.33. The number of imidazole rings is 1. The van der Waals surface area contributed by atoms with Gasteiger partial charge in [0.1, 0.15) is 5.52 Å². The molecule has 0 spiro atoms. The summed E-state index contributed by atoms with van der Waals surface area (Å²) in [6, 6.07) is 18.5. The van der Waals surface area contributed by atoms with Crippen LogP contribution in [0.1, 0.15) is 24.9 Å². The van der Waals surface area contributed by atoms with E-state index in [2.05, 4.69) is 39.7 Å². The number of fused-ring (bicyclic) bond motifs is 3. The lowest BCUT2D eigenvalue weighted by Crippen LogP contribution is -2.14. The van der Waals surface area contributed by atoms with E-state index >= 15 is 0 Å². The van der Waals surface area contributed by atoms with Gasteiger partial charge in [0, 0.05) is 5.39 Å². The Morgan fingerprint density at radius 2 is 1.85 bits per heavy atom. The first-order valence-electron chi connectivity index (χ1n) is 8.90. The maximum absolute atomic E-state index is 6.14. The number of nitrogens with zero attached hydrogens (tertiary/aromatic N) is 3. The second-order valence-corrected chi connectivity index (χ2v) is 6.43. The molecule has 2 N–H and O–H groups in total. The number of pyridine rings is 1. The molecule has 26 heavy (non-hydrogen) atoms. The zero-order valence-electron chi connectivity index (χ0n) is 14.8. The third kappa shape index (κ3) is 3.02. The molecule has 2 heterocycles. The van der Waals surface area contributed by atoms with Crippen molar-refractivity contribution in [2.75, 3.05) is 12.3 Å². The molecule has 2 aromatic carbocycles. The summed E-state index contributed by atoms with van der Waals surface area (Å²) in [7, 11) is 0. The lowest BCUT2D eigenvalue weighted by atomic mass is 10.1. The normalized spacial score (nSPS) is 12.7. The topological polar surface area (TPSA) is 66.0 Å². The van der Waals surface area contributed by atoms with Crippen LogP contribution >= 0.6 is 0 Å². The van der Waals surface area contributed by atoms with Crippen LogP contribution in [-0.4, -0.2) is 21.1 Å². The van der Waals surface area contributed by atoms with Gasteiger partial charge in [-0.3, -0.25) is 0 Å². The van der Waals surface area contributed by atoms with Crippen molar-refractivity contribution in [3.8, 4) is 0 Å². The number of hydrogen-bond acceptors (Lipinski definition) is 4. The van der Waals surface area contributed by atoms with E-state index in [1.54, 1.807) is 0 Å². The van der Waals surface area contributed by atoms with E-state index in [1.165, 1.54) is 5.56 Å². The molecule has 4 aromatic rings. The zero-order chi connectivity index (χ0) is 17.9. The zero-order valence-corrected chi connectivity index (χ0v) is 14.8. The van der Waals surface area contributed by atoms with Gasteiger partial charge in [0.15, 0.2) is 5.82 Å². The molecule has 1 atom stereocenters. The van der Waals surface area contributed by atoms with Crippen LogP contribution in [0, 0.1) is 0 Å². The molecule has 5 nitrogen and oxygen atoms in total. The average molecular weight is 346 g/mol. The summed E-state index contributed by atoms with van der Waals surface area (Å²) in [5, 5.41) is 1.07. The number of aromatic nitrogens is 3. The van der Waals surface area contributed by atoms with Crippen molar-refractivity contribution < 1.29 is 4.74 Å². The molecule has 2 aromatic heterocycles. The monoisotopic (exact) mass is 346 g/mol. The highest BCUT2D eigenvalue weighted by Crippen LogP contribution is 2.30. The van der Waals surface area contributed by atoms with Crippen LogP contribution in [-0.2, 0) is 11.3 Å². The number of ether oxygens (including phenoxy) is 1. The summed E-state index contributed by atoms with van der Waals surface area (Å²) in [4.78, 5) is 9.00. The molecule has 0 amide bonds. The Labute approximate surface area is 152 Å². The van der Waals surface area contributed by atoms with Crippen molar-refractivity contribution in [1.29, 1.82) is 0 Å². The van der Waals surface area contributed by atoms with E-state index in [1.807, 2.05) is 42.7 Å². The Hall–Kier alpha value is -2.92. The van der Waals surface area contributed by atoms with E-state index < -0.39 is 0 Å². The number of anilines is 1. The summed E-state index contributed by atoms with van der Waals surface area (Å²) >= 11 is 0. The van der Waals surface area contributed by atoms with E-state index in [0.29, 0.717) is 19.0 Å². The molecular weight excluding hydrogens is 324 g/mol. The average Bonchev–Trinajstić information content (AvgIpc) is 3.12. The molecular formula is C21H22N4O. The SMILES string of the molecule is CCC(COCc1ccccc1)n1cnc2c(N)nc3ccccc3c21. The van der Waals surface area contributed by atoms with E-state index in [0.717, 1.165) is 28.4 Å². The van der Waals surface area contributed by atoms with Crippen molar-refractivity contribution >= 4 is 27.8 Å². The predicted molar refractivity (Wildman–Crippen MR) is 105 cm³/mol. The van der Waals surface area contributed by atoms with Crippen LogP contribution in [0.4, 0.5) is 5.82 Å². The van der Waals surface area contributed by atoms with Crippen molar-refractivity contribution in [2.45, 2.75) is 26.0 Å². The van der Waals surface area contributed by atoms with E-state index in [-0.39, 0.29) is 6.04 Å². The molecule has 0 aliphatic carbocycles. The highest BCUT2D eigenvalue weighted by Gasteiger charge is 2.17. The van der Waals surface area contributed by atoms with E-state index in [9.17, 15) is 0 Å². The second kappa shape index (κ2) is 7.14. The largest absolute Gasteiger partial charge is 0.382 e. The van der Waals surface area contributed by atoms with Crippen LogP contribution in [0.2, 0.25) is 0 Å². The maximum atomic E-state index is 6.14. The Balaban J connectivity index is 1.65. The van der Waals surface area contributed by atoms with Crippen molar-refractivity contribution in [3.05, 3.63) is 66.5 Å². The van der Waals surface area contributed by atoms with Crippen LogP contribution in [0.5, 0.6) is 0 Å². The fourth-order valence-corrected chi connectivity index (χ4v) is 3.33. The summed E-state index contributed by atoms with van der Waals surface area (Å²) in [6.07, 6.45) is 2.80. The minimum absolute atomic E-state index is 0.189. The Morgan fingerprint density at radius 1 is 1.08 bits per heavy atom. The summed E-state index contributed by atoms with van der Waals surface area (Å²) < 4.78 is 8.17. The predicted octanol–water partition coefficient (Wildman–Crippen LogP) is 4.33. The van der Waals surface area contributed by atoms with Gasteiger partial charge in [0.25, 0.3) is 0 Å². The van der Waals surface area contributed by atoms with Gasteiger partial charge >= 0.3 is 0 Å². The molecule has 0 saturated heterocycles. The molecule has 0 aliphatic heterocycles. The van der Waals surface area contributed by atoms with Crippen molar-refractivity contribution in [2.24, 2.45) is 0 Å². The Kier molecular flexibility index (Phi) is 4.54. The molecule has 0 fully saturated rings. The Bertz CT molecular complexity index is 1030. The molecule has 5 heteroatoms. The highest BCUT2D eigenvalue weighted by atomic mass is 16.5. The third-order valence-electron chi connectivity index (χ3n) is 4.72. The highest BCUT2D eigenvalue weighted by molar-refractivity contribution is 6.06. The lowest BCUT2D eigenvalue weighted by molar-refractivity contribution is 0.0897. The van der Waals surface area contributed by atoms with E-state index in [4.69, 9.17) is 10.5 Å². The number of rotatable bonds is 6. The van der Waals surface area contributed by atoms with Gasteiger partial charge in [-0.25, -0.2) is 9.97 Å². The lowest BCUT2D eigenvalue weighted by Gasteiger charge is -2.19. The molecule has 1 unspecified atom stereocenters. The maximum Gasteiger partial charge on any atom is 0.152 e. The number of nitrogens with two attached hydrogens (primary N) is 1. The smallest absolute Gasteiger partial charge is 0.152 e. The van der Waals surface area contributed by atoms with Gasteiger partial charge in [0.2, 0.25) is 0 Å². The van der Waals surface area contributed by atoms with Crippen LogP contribution in [0.15, 0.2) is 60.9 Å². The molecule has 0 bridgehead atoms. The minimum atomic E-state index is 0.189. The van der Waals surface area contributed by atoms with Gasteiger partial charge in [-0.2, -0.15) is 0 Å². The number of para-hydroxylation sites is 1. The molecule has 0 radical (unpaired) electrons. The first-order chi connectivity index (χ1) is 12.8. The first-order valence-corrected chi connectivity index (χ1v) is 8.90. The third-order valence-corrected chi connectivity index (χ3v) is 4.72. The van der Waals surface area contributed by atoms with Crippen LogP contribution in [0.25, 0.3) is 21.9 Å². The van der Waals surface area contributed by atoms with Crippen molar-refractivity contribution in [3.63, 3.8) is 0 Å². The first kappa shape index (κ1) is 16.5. The van der Waals surface area contributed by atoms with Gasteiger partial charge in [-0.05, 0) is 18.1 Å². The van der Waals surface area contributed by atoms with Gasteiger partial charge < -0.3 is 15.0 Å². The molecule has 0 saturated carbocycles. The van der Waals surface area contributed by atoms with Gasteiger partial charge in [-0.15, -0.1) is 0 Å². The van der Waals surface area contributed by atoms with Gasteiger partial charge in [-0.1, -0.05) is 55.5 Å². The standard InChI is InChI=1S/C21H22N4O/c1-2-16(13-26-12-15-8-4-3-5-9-15)25-14-23-19-20(25)17-10-6-7-11-18(17)24-21(19)22/h3-11,14,16H,2,12-13H2,1H3,(H2,22,24).